The van der Waals surface area contributed by atoms with Crippen LogP contribution in [0.25, 0.3) is 0 Å². The van der Waals surface area contributed by atoms with Gasteiger partial charge >= 0.3 is 0 Å². The molecule has 3 rings (SSSR count). The molecule has 0 saturated heterocycles. The Kier molecular flexibility index (Phi) is 6.91. The number of sulfonamides is 1. The van der Waals surface area contributed by atoms with Crippen molar-refractivity contribution in [2.45, 2.75) is 11.4 Å². The molecule has 30 heavy (non-hydrogen) atoms. The van der Waals surface area contributed by atoms with Crippen LogP contribution in [0.2, 0.25) is 4.34 Å². The van der Waals surface area contributed by atoms with Crippen molar-refractivity contribution in [3.63, 3.8) is 0 Å². The number of benzene rings is 2. The van der Waals surface area contributed by atoms with Gasteiger partial charge in [0.05, 0.1) is 21.5 Å². The monoisotopic (exact) mass is 464 g/mol. The number of thiophene rings is 1. The van der Waals surface area contributed by atoms with E-state index in [2.05, 4.69) is 11.3 Å². The van der Waals surface area contributed by atoms with Crippen LogP contribution >= 0.6 is 22.9 Å². The lowest BCUT2D eigenvalue weighted by Crippen LogP contribution is -2.30. The van der Waals surface area contributed by atoms with E-state index in [1.54, 1.807) is 17.0 Å². The number of carbonyl (C=O) groups excluding carboxylic acids is 1. The van der Waals surface area contributed by atoms with E-state index in [-0.39, 0.29) is 16.5 Å². The van der Waals surface area contributed by atoms with E-state index in [0.717, 1.165) is 10.9 Å². The van der Waals surface area contributed by atoms with Crippen LogP contribution in [0, 0.1) is 5.82 Å². The van der Waals surface area contributed by atoms with Gasteiger partial charge < -0.3 is 4.90 Å². The summed E-state index contributed by atoms with van der Waals surface area (Å²) in [6.07, 6.45) is 1.62. The Morgan fingerprint density at radius 2 is 1.83 bits per heavy atom. The van der Waals surface area contributed by atoms with Crippen molar-refractivity contribution < 1.29 is 17.6 Å². The topological polar surface area (TPSA) is 66.5 Å². The van der Waals surface area contributed by atoms with Crippen LogP contribution in [0.3, 0.4) is 0 Å². The number of halogens is 2. The Labute approximate surface area is 183 Å². The first-order valence-corrected chi connectivity index (χ1v) is 11.5. The summed E-state index contributed by atoms with van der Waals surface area (Å²) >= 11 is 7.34. The van der Waals surface area contributed by atoms with Crippen LogP contribution in [0.15, 0.2) is 78.2 Å². The number of nitrogens with zero attached hydrogens (tertiary/aromatic N) is 1. The van der Waals surface area contributed by atoms with Gasteiger partial charge in [-0.25, -0.2) is 12.8 Å². The minimum atomic E-state index is -4.00. The highest BCUT2D eigenvalue weighted by atomic mass is 35.5. The van der Waals surface area contributed by atoms with Gasteiger partial charge in [0.2, 0.25) is 0 Å². The van der Waals surface area contributed by atoms with Gasteiger partial charge in [-0.2, -0.15) is 0 Å². The summed E-state index contributed by atoms with van der Waals surface area (Å²) in [5, 5.41) is 0. The molecule has 0 aliphatic heterocycles. The summed E-state index contributed by atoms with van der Waals surface area (Å²) in [6.45, 7) is 4.36. The molecule has 0 unspecified atom stereocenters. The Morgan fingerprint density at radius 3 is 2.43 bits per heavy atom. The fourth-order valence-electron chi connectivity index (χ4n) is 2.71. The minimum absolute atomic E-state index is 0.0809. The molecule has 0 aliphatic carbocycles. The largest absolute Gasteiger partial charge is 0.330 e. The summed E-state index contributed by atoms with van der Waals surface area (Å²) in [7, 11) is -4.00. The zero-order valence-corrected chi connectivity index (χ0v) is 18.1. The molecule has 0 aliphatic rings. The smallest absolute Gasteiger partial charge is 0.261 e. The number of hydrogen-bond donors (Lipinski definition) is 1. The average molecular weight is 465 g/mol. The molecule has 0 radical (unpaired) electrons. The normalized spacial score (nSPS) is 11.1. The summed E-state index contributed by atoms with van der Waals surface area (Å²) in [4.78, 5) is 15.3. The number of hydrogen-bond acceptors (Lipinski definition) is 4. The molecule has 0 fully saturated rings. The van der Waals surface area contributed by atoms with Gasteiger partial charge in [-0.1, -0.05) is 29.8 Å². The van der Waals surface area contributed by atoms with E-state index in [1.807, 2.05) is 6.07 Å². The first-order valence-electron chi connectivity index (χ1n) is 8.82. The van der Waals surface area contributed by atoms with Crippen molar-refractivity contribution in [2.75, 3.05) is 11.3 Å². The lowest BCUT2D eigenvalue weighted by atomic mass is 10.2. The van der Waals surface area contributed by atoms with Crippen LogP contribution in [0.1, 0.15) is 15.2 Å². The summed E-state index contributed by atoms with van der Waals surface area (Å²) in [6, 6.07) is 14.6. The van der Waals surface area contributed by atoms with E-state index in [9.17, 15) is 17.6 Å². The maximum absolute atomic E-state index is 13.8. The number of para-hydroxylation sites is 1. The van der Waals surface area contributed by atoms with Crippen LogP contribution in [-0.4, -0.2) is 25.8 Å². The Morgan fingerprint density at radius 1 is 1.13 bits per heavy atom. The third-order valence-corrected chi connectivity index (χ3v) is 6.74. The predicted octanol–water partition coefficient (Wildman–Crippen LogP) is 5.17. The first kappa shape index (κ1) is 22.0. The van der Waals surface area contributed by atoms with E-state index in [1.165, 1.54) is 53.8 Å². The second kappa shape index (κ2) is 9.42. The predicted molar refractivity (Wildman–Crippen MR) is 118 cm³/mol. The summed E-state index contributed by atoms with van der Waals surface area (Å²) < 4.78 is 41.6. The van der Waals surface area contributed by atoms with Gasteiger partial charge in [0, 0.05) is 17.0 Å². The van der Waals surface area contributed by atoms with Gasteiger partial charge in [-0.15, -0.1) is 17.9 Å². The second-order valence-electron chi connectivity index (χ2n) is 6.29. The number of carbonyl (C=O) groups is 1. The van der Waals surface area contributed by atoms with Crippen molar-refractivity contribution in [1.29, 1.82) is 0 Å². The quantitative estimate of drug-likeness (QED) is 0.468. The Bertz CT molecular complexity index is 1160. The zero-order valence-electron chi connectivity index (χ0n) is 15.7. The van der Waals surface area contributed by atoms with Gasteiger partial charge in [0.15, 0.2) is 0 Å². The van der Waals surface area contributed by atoms with Crippen LogP contribution in [-0.2, 0) is 16.6 Å². The molecule has 1 N–H and O–H groups in total. The summed E-state index contributed by atoms with van der Waals surface area (Å²) in [5.41, 5.74) is 0.175. The lowest BCUT2D eigenvalue weighted by Gasteiger charge is -2.20. The highest BCUT2D eigenvalue weighted by Gasteiger charge is 2.19. The molecule has 5 nitrogen and oxygen atoms in total. The third kappa shape index (κ3) is 5.27. The molecule has 9 heteroatoms. The van der Waals surface area contributed by atoms with Crippen molar-refractivity contribution in [2.24, 2.45) is 0 Å². The van der Waals surface area contributed by atoms with Crippen molar-refractivity contribution in [3.8, 4) is 0 Å². The van der Waals surface area contributed by atoms with E-state index < -0.39 is 15.8 Å². The minimum Gasteiger partial charge on any atom is -0.330 e. The molecule has 0 atom stereocenters. The molecule has 156 valence electrons. The molecule has 0 saturated carbocycles. The molecule has 2 aromatic carbocycles. The Hall–Kier alpha value is -2.68. The molecule has 3 aromatic rings. The number of amides is 1. The molecule has 1 heterocycles. The molecule has 1 amide bonds. The number of rotatable bonds is 8. The van der Waals surface area contributed by atoms with Gasteiger partial charge in [0.25, 0.3) is 15.9 Å². The number of nitrogens with one attached hydrogen (secondary N) is 1. The Balaban J connectivity index is 1.78. The highest BCUT2D eigenvalue weighted by Crippen LogP contribution is 2.24. The second-order valence-corrected chi connectivity index (χ2v) is 9.77. The molecular formula is C21H18ClFN2O3S2. The third-order valence-electron chi connectivity index (χ3n) is 4.14. The maximum atomic E-state index is 13.8. The molecule has 1 aromatic heterocycles. The van der Waals surface area contributed by atoms with Crippen molar-refractivity contribution in [3.05, 3.63) is 93.9 Å². The van der Waals surface area contributed by atoms with Gasteiger partial charge in [-0.3, -0.25) is 9.52 Å². The molecule has 0 bridgehead atoms. The first-order chi connectivity index (χ1) is 14.3. The fraction of sp³-hybridized carbons (Fsp3) is 0.0952. The fourth-order valence-corrected chi connectivity index (χ4v) is 4.88. The van der Waals surface area contributed by atoms with Crippen LogP contribution in [0.5, 0.6) is 0 Å². The van der Waals surface area contributed by atoms with E-state index >= 15 is 0 Å². The van der Waals surface area contributed by atoms with E-state index in [4.69, 9.17) is 11.6 Å². The van der Waals surface area contributed by atoms with Crippen LogP contribution < -0.4 is 4.72 Å². The lowest BCUT2D eigenvalue weighted by molar-refractivity contribution is 0.0764. The summed E-state index contributed by atoms with van der Waals surface area (Å²) in [5.74, 6) is -0.952. The zero-order chi connectivity index (χ0) is 21.7. The van der Waals surface area contributed by atoms with Gasteiger partial charge in [-0.05, 0) is 48.5 Å². The van der Waals surface area contributed by atoms with Crippen molar-refractivity contribution in [1.82, 2.24) is 4.90 Å². The number of anilines is 1. The van der Waals surface area contributed by atoms with Crippen LogP contribution in [0.4, 0.5) is 10.1 Å². The van der Waals surface area contributed by atoms with E-state index in [0.29, 0.717) is 23.0 Å². The standard InChI is InChI=1S/C21H18ClFN2O3S2/c1-2-13-25(14-16-9-12-20(22)29-16)21(26)15-7-10-17(11-8-15)30(27,28)24-19-6-4-3-5-18(19)23/h2-12,24H,1,13-14H2. The SMILES string of the molecule is C=CCN(Cc1ccc(Cl)s1)C(=O)c1ccc(S(=O)(=O)Nc2ccccc2F)cc1. The average Bonchev–Trinajstić information content (AvgIpc) is 3.13. The molecular weight excluding hydrogens is 447 g/mol. The molecule has 0 spiro atoms. The van der Waals surface area contributed by atoms with Gasteiger partial charge in [0.1, 0.15) is 5.82 Å². The maximum Gasteiger partial charge on any atom is 0.261 e. The van der Waals surface area contributed by atoms with Crippen molar-refractivity contribution >= 4 is 44.6 Å². The highest BCUT2D eigenvalue weighted by molar-refractivity contribution is 7.92.